The fraction of sp³-hybridized carbons (Fsp3) is 0.125. The molecule has 0 spiro atoms. The zero-order valence-corrected chi connectivity index (χ0v) is 11.4. The topological polar surface area (TPSA) is 39.8 Å². The first kappa shape index (κ1) is 12.4. The Balaban J connectivity index is 2.07. The monoisotopic (exact) mass is 265 g/mol. The smallest absolute Gasteiger partial charge is 0.249 e. The molecular weight excluding hydrogens is 250 g/mol. The second-order valence-corrected chi connectivity index (χ2v) is 4.87. The van der Waals surface area contributed by atoms with Crippen LogP contribution in [0, 0.1) is 13.8 Å². The van der Waals surface area contributed by atoms with E-state index in [2.05, 4.69) is 5.10 Å². The third-order valence-corrected chi connectivity index (χ3v) is 3.26. The SMILES string of the molecule is Cc1ccc(-n2cnn(-c3ccc(C)cc3)c2=O)cc1. The average molecular weight is 265 g/mol. The van der Waals surface area contributed by atoms with E-state index in [1.54, 1.807) is 10.9 Å². The van der Waals surface area contributed by atoms with Gasteiger partial charge in [-0.25, -0.2) is 9.36 Å². The van der Waals surface area contributed by atoms with Gasteiger partial charge in [-0.3, -0.25) is 0 Å². The maximum atomic E-state index is 12.4. The molecule has 2 aromatic carbocycles. The first-order valence-electron chi connectivity index (χ1n) is 6.46. The van der Waals surface area contributed by atoms with E-state index in [0.717, 1.165) is 22.5 Å². The van der Waals surface area contributed by atoms with Crippen molar-refractivity contribution in [2.75, 3.05) is 0 Å². The molecule has 0 N–H and O–H groups in total. The highest BCUT2D eigenvalue weighted by atomic mass is 16.2. The molecule has 3 aromatic rings. The molecule has 4 nitrogen and oxygen atoms in total. The first-order chi connectivity index (χ1) is 9.65. The van der Waals surface area contributed by atoms with E-state index >= 15 is 0 Å². The van der Waals surface area contributed by atoms with Gasteiger partial charge in [0.25, 0.3) is 0 Å². The van der Waals surface area contributed by atoms with Gasteiger partial charge >= 0.3 is 5.69 Å². The van der Waals surface area contributed by atoms with Gasteiger partial charge in [-0.1, -0.05) is 35.4 Å². The summed E-state index contributed by atoms with van der Waals surface area (Å²) in [5.74, 6) is 0. The fourth-order valence-corrected chi connectivity index (χ4v) is 2.05. The summed E-state index contributed by atoms with van der Waals surface area (Å²) in [6.07, 6.45) is 1.55. The summed E-state index contributed by atoms with van der Waals surface area (Å²) in [5.41, 5.74) is 3.73. The van der Waals surface area contributed by atoms with Crippen LogP contribution in [0.25, 0.3) is 11.4 Å². The van der Waals surface area contributed by atoms with Crippen LogP contribution in [0.1, 0.15) is 11.1 Å². The molecule has 0 fully saturated rings. The van der Waals surface area contributed by atoms with Crippen molar-refractivity contribution in [3.63, 3.8) is 0 Å². The number of aryl methyl sites for hydroxylation is 2. The Hall–Kier alpha value is -2.62. The Kier molecular flexibility index (Phi) is 2.99. The van der Waals surface area contributed by atoms with Crippen molar-refractivity contribution in [1.29, 1.82) is 0 Å². The Morgan fingerprint density at radius 1 is 0.800 bits per heavy atom. The Labute approximate surface area is 116 Å². The third kappa shape index (κ3) is 2.16. The van der Waals surface area contributed by atoms with E-state index in [0.29, 0.717) is 0 Å². The number of aromatic nitrogens is 3. The van der Waals surface area contributed by atoms with Crippen LogP contribution in [0.15, 0.2) is 59.7 Å². The summed E-state index contributed by atoms with van der Waals surface area (Å²) in [5, 5.41) is 4.18. The maximum absolute atomic E-state index is 12.4. The minimum absolute atomic E-state index is 0.169. The van der Waals surface area contributed by atoms with E-state index in [4.69, 9.17) is 0 Å². The van der Waals surface area contributed by atoms with Crippen LogP contribution >= 0.6 is 0 Å². The van der Waals surface area contributed by atoms with E-state index in [-0.39, 0.29) is 5.69 Å². The highest BCUT2D eigenvalue weighted by molar-refractivity contribution is 5.36. The van der Waals surface area contributed by atoms with Crippen LogP contribution in [0.2, 0.25) is 0 Å². The molecule has 0 saturated heterocycles. The molecule has 0 amide bonds. The normalized spacial score (nSPS) is 10.7. The molecule has 0 atom stereocenters. The minimum atomic E-state index is -0.169. The zero-order valence-electron chi connectivity index (χ0n) is 11.4. The molecule has 0 aliphatic rings. The van der Waals surface area contributed by atoms with Gasteiger partial charge in [-0.15, -0.1) is 0 Å². The van der Waals surface area contributed by atoms with Gasteiger partial charge < -0.3 is 0 Å². The van der Waals surface area contributed by atoms with Gasteiger partial charge in [0.15, 0.2) is 0 Å². The van der Waals surface area contributed by atoms with E-state index in [1.165, 1.54) is 4.68 Å². The van der Waals surface area contributed by atoms with Crippen molar-refractivity contribution < 1.29 is 0 Å². The van der Waals surface area contributed by atoms with Crippen LogP contribution in [0.3, 0.4) is 0 Å². The van der Waals surface area contributed by atoms with Crippen molar-refractivity contribution in [3.05, 3.63) is 76.5 Å². The Morgan fingerprint density at radius 2 is 1.30 bits per heavy atom. The first-order valence-corrected chi connectivity index (χ1v) is 6.46. The lowest BCUT2D eigenvalue weighted by Crippen LogP contribution is -2.22. The highest BCUT2D eigenvalue weighted by Crippen LogP contribution is 2.09. The molecule has 20 heavy (non-hydrogen) atoms. The molecule has 0 unspecified atom stereocenters. The lowest BCUT2D eigenvalue weighted by atomic mass is 10.2. The van der Waals surface area contributed by atoms with Crippen molar-refractivity contribution >= 4 is 0 Å². The second-order valence-electron chi connectivity index (χ2n) is 4.87. The van der Waals surface area contributed by atoms with Crippen LogP contribution in [-0.4, -0.2) is 14.3 Å². The number of nitrogens with zero attached hydrogens (tertiary/aromatic N) is 3. The summed E-state index contributed by atoms with van der Waals surface area (Å²) in [6, 6.07) is 15.5. The molecule has 0 bridgehead atoms. The molecule has 4 heteroatoms. The van der Waals surface area contributed by atoms with Crippen molar-refractivity contribution in [2.24, 2.45) is 0 Å². The summed E-state index contributed by atoms with van der Waals surface area (Å²) >= 11 is 0. The zero-order chi connectivity index (χ0) is 14.1. The molecule has 0 aliphatic carbocycles. The molecule has 100 valence electrons. The predicted octanol–water partition coefficient (Wildman–Crippen LogP) is 2.64. The van der Waals surface area contributed by atoms with Crippen LogP contribution in [0.5, 0.6) is 0 Å². The summed E-state index contributed by atoms with van der Waals surface area (Å²) in [7, 11) is 0. The minimum Gasteiger partial charge on any atom is -0.249 e. The largest absolute Gasteiger partial charge is 0.355 e. The molecule has 3 rings (SSSR count). The van der Waals surface area contributed by atoms with Crippen molar-refractivity contribution in [3.8, 4) is 11.4 Å². The van der Waals surface area contributed by atoms with E-state index in [9.17, 15) is 4.79 Å². The van der Waals surface area contributed by atoms with E-state index in [1.807, 2.05) is 62.4 Å². The van der Waals surface area contributed by atoms with E-state index < -0.39 is 0 Å². The van der Waals surface area contributed by atoms with Crippen LogP contribution in [-0.2, 0) is 0 Å². The van der Waals surface area contributed by atoms with Crippen molar-refractivity contribution in [1.82, 2.24) is 14.3 Å². The number of hydrogen-bond acceptors (Lipinski definition) is 2. The van der Waals surface area contributed by atoms with Crippen LogP contribution < -0.4 is 5.69 Å². The third-order valence-electron chi connectivity index (χ3n) is 3.26. The number of benzene rings is 2. The van der Waals surface area contributed by atoms with Gasteiger partial charge in [0, 0.05) is 0 Å². The summed E-state index contributed by atoms with van der Waals surface area (Å²) in [4.78, 5) is 12.4. The number of hydrogen-bond donors (Lipinski definition) is 0. The highest BCUT2D eigenvalue weighted by Gasteiger charge is 2.08. The summed E-state index contributed by atoms with van der Waals surface area (Å²) in [6.45, 7) is 4.03. The fourth-order valence-electron chi connectivity index (χ4n) is 2.05. The van der Waals surface area contributed by atoms with Crippen LogP contribution in [0.4, 0.5) is 0 Å². The number of rotatable bonds is 2. The second kappa shape index (κ2) is 4.81. The molecule has 1 heterocycles. The molecule has 0 radical (unpaired) electrons. The molecule has 0 saturated carbocycles. The Morgan fingerprint density at radius 3 is 1.85 bits per heavy atom. The molecule has 0 aliphatic heterocycles. The van der Waals surface area contributed by atoms with Gasteiger partial charge in [0.2, 0.25) is 0 Å². The van der Waals surface area contributed by atoms with Gasteiger partial charge in [0.1, 0.15) is 6.33 Å². The Bertz CT molecular complexity index is 714. The molecular formula is C16H15N3O. The lowest BCUT2D eigenvalue weighted by molar-refractivity contribution is 0.829. The lowest BCUT2D eigenvalue weighted by Gasteiger charge is -2.01. The standard InChI is InChI=1S/C16H15N3O/c1-12-3-7-14(8-4-12)18-11-17-19(16(18)20)15-9-5-13(2)6-10-15/h3-11H,1-2H3. The quantitative estimate of drug-likeness (QED) is 0.714. The maximum Gasteiger partial charge on any atom is 0.355 e. The van der Waals surface area contributed by atoms with Gasteiger partial charge in [-0.05, 0) is 38.1 Å². The predicted molar refractivity (Wildman–Crippen MR) is 78.6 cm³/mol. The summed E-state index contributed by atoms with van der Waals surface area (Å²) < 4.78 is 2.94. The van der Waals surface area contributed by atoms with Gasteiger partial charge in [0.05, 0.1) is 11.4 Å². The van der Waals surface area contributed by atoms with Gasteiger partial charge in [-0.2, -0.15) is 9.78 Å². The van der Waals surface area contributed by atoms with Crippen molar-refractivity contribution in [2.45, 2.75) is 13.8 Å². The molecule has 1 aromatic heterocycles. The average Bonchev–Trinajstić information content (AvgIpc) is 2.83.